The smallest absolute Gasteiger partial charge is 0.244 e. The maximum Gasteiger partial charge on any atom is 0.244 e. The fraction of sp³-hybridized carbons (Fsp3) is 0.227. The molecule has 4 rings (SSSR count). The highest BCUT2D eigenvalue weighted by atomic mass is 16.5. The molecule has 2 heterocycles. The van der Waals surface area contributed by atoms with Crippen LogP contribution in [0.15, 0.2) is 77.6 Å². The van der Waals surface area contributed by atoms with Gasteiger partial charge in [0.2, 0.25) is 5.91 Å². The number of furan rings is 1. The summed E-state index contributed by atoms with van der Waals surface area (Å²) in [6.45, 7) is 3.58. The topological polar surface area (TPSA) is 54.7 Å². The molecular weight excluding hydrogens is 340 g/mol. The van der Waals surface area contributed by atoms with Gasteiger partial charge in [-0.15, -0.1) is 0 Å². The Kier molecular flexibility index (Phi) is 4.69. The van der Waals surface area contributed by atoms with Crippen LogP contribution in [-0.2, 0) is 11.3 Å². The van der Waals surface area contributed by atoms with Crippen molar-refractivity contribution < 1.29 is 13.9 Å². The molecule has 0 radical (unpaired) electrons. The molecular formula is C22H22N2O3. The second kappa shape index (κ2) is 7.29. The van der Waals surface area contributed by atoms with Crippen molar-refractivity contribution in [3.05, 3.63) is 78.8 Å². The molecule has 5 heteroatoms. The number of likely N-dealkylation sites (tertiary alicyclic amines) is 1. The van der Waals surface area contributed by atoms with Crippen LogP contribution >= 0.6 is 0 Å². The number of nitrogens with zero attached hydrogens (tertiary/aromatic N) is 1. The zero-order valence-electron chi connectivity index (χ0n) is 15.2. The van der Waals surface area contributed by atoms with Gasteiger partial charge in [0.1, 0.15) is 11.5 Å². The highest BCUT2D eigenvalue weighted by molar-refractivity contribution is 5.98. The van der Waals surface area contributed by atoms with Crippen LogP contribution in [0.25, 0.3) is 0 Å². The second-order valence-electron chi connectivity index (χ2n) is 6.97. The SMILES string of the molecule is CC1(C(=O)Nc2cccc(Oc3ccccc3)c2)CCN1Cc1ccoc1. The van der Waals surface area contributed by atoms with Gasteiger partial charge in [0, 0.05) is 30.4 Å². The first-order valence-electron chi connectivity index (χ1n) is 9.04. The number of carbonyl (C=O) groups is 1. The number of anilines is 1. The van der Waals surface area contributed by atoms with Crippen LogP contribution in [0.3, 0.4) is 0 Å². The molecule has 1 aromatic heterocycles. The van der Waals surface area contributed by atoms with Gasteiger partial charge in [-0.1, -0.05) is 24.3 Å². The van der Waals surface area contributed by atoms with Gasteiger partial charge >= 0.3 is 0 Å². The van der Waals surface area contributed by atoms with Gasteiger partial charge in [-0.2, -0.15) is 0 Å². The zero-order valence-corrected chi connectivity index (χ0v) is 15.2. The lowest BCUT2D eigenvalue weighted by Crippen LogP contribution is -2.63. The van der Waals surface area contributed by atoms with E-state index in [1.165, 1.54) is 0 Å². The molecule has 0 saturated carbocycles. The monoisotopic (exact) mass is 362 g/mol. The zero-order chi connectivity index (χ0) is 18.7. The first kappa shape index (κ1) is 17.4. The summed E-state index contributed by atoms with van der Waals surface area (Å²) in [6, 6.07) is 19.0. The van der Waals surface area contributed by atoms with E-state index in [0.717, 1.165) is 30.0 Å². The molecule has 0 bridgehead atoms. The number of nitrogens with one attached hydrogen (secondary N) is 1. The van der Waals surface area contributed by atoms with E-state index in [1.807, 2.05) is 67.6 Å². The summed E-state index contributed by atoms with van der Waals surface area (Å²) < 4.78 is 11.0. The standard InChI is InChI=1S/C22H22N2O3/c1-22(11-12-24(22)15-17-10-13-26-16-17)21(25)23-18-6-5-9-20(14-18)27-19-7-3-2-4-8-19/h2-10,13-14,16H,11-12,15H2,1H3,(H,23,25). The molecule has 0 aliphatic carbocycles. The summed E-state index contributed by atoms with van der Waals surface area (Å²) in [5, 5.41) is 3.04. The molecule has 1 fully saturated rings. The highest BCUT2D eigenvalue weighted by Crippen LogP contribution is 2.33. The van der Waals surface area contributed by atoms with Crippen LogP contribution in [0, 0.1) is 0 Å². The lowest BCUT2D eigenvalue weighted by molar-refractivity contribution is -0.136. The molecule has 138 valence electrons. The van der Waals surface area contributed by atoms with Crippen LogP contribution in [-0.4, -0.2) is 22.9 Å². The molecule has 2 aromatic carbocycles. The van der Waals surface area contributed by atoms with E-state index in [0.29, 0.717) is 12.3 Å². The average Bonchev–Trinajstić information content (AvgIpc) is 3.19. The number of hydrogen-bond acceptors (Lipinski definition) is 4. The largest absolute Gasteiger partial charge is 0.472 e. The van der Waals surface area contributed by atoms with E-state index in [4.69, 9.17) is 9.15 Å². The lowest BCUT2D eigenvalue weighted by atomic mass is 9.85. The van der Waals surface area contributed by atoms with E-state index >= 15 is 0 Å². The van der Waals surface area contributed by atoms with E-state index < -0.39 is 5.54 Å². The number of amides is 1. The molecule has 1 aliphatic rings. The number of ether oxygens (including phenoxy) is 1. The van der Waals surface area contributed by atoms with Crippen molar-refractivity contribution in [1.29, 1.82) is 0 Å². The van der Waals surface area contributed by atoms with Crippen molar-refractivity contribution in [1.82, 2.24) is 4.90 Å². The molecule has 1 aliphatic heterocycles. The molecule has 1 N–H and O–H groups in total. The Morgan fingerprint density at radius 2 is 1.96 bits per heavy atom. The molecule has 1 unspecified atom stereocenters. The Hall–Kier alpha value is -3.05. The Morgan fingerprint density at radius 1 is 1.15 bits per heavy atom. The van der Waals surface area contributed by atoms with Gasteiger partial charge in [0.25, 0.3) is 0 Å². The Labute approximate surface area is 158 Å². The van der Waals surface area contributed by atoms with Gasteiger partial charge in [-0.05, 0) is 43.7 Å². The quantitative estimate of drug-likeness (QED) is 0.692. The first-order chi connectivity index (χ1) is 13.1. The number of benzene rings is 2. The molecule has 1 saturated heterocycles. The summed E-state index contributed by atoms with van der Waals surface area (Å²) in [6.07, 6.45) is 4.21. The number of para-hydroxylation sites is 1. The average molecular weight is 362 g/mol. The van der Waals surface area contributed by atoms with Gasteiger partial charge in [0.05, 0.1) is 18.1 Å². The molecule has 3 aromatic rings. The van der Waals surface area contributed by atoms with Crippen LogP contribution in [0.4, 0.5) is 5.69 Å². The van der Waals surface area contributed by atoms with E-state index in [1.54, 1.807) is 12.5 Å². The molecule has 5 nitrogen and oxygen atoms in total. The summed E-state index contributed by atoms with van der Waals surface area (Å²) in [5.41, 5.74) is 1.28. The molecule has 0 spiro atoms. The van der Waals surface area contributed by atoms with E-state index in [9.17, 15) is 4.79 Å². The minimum absolute atomic E-state index is 0.00546. The van der Waals surface area contributed by atoms with Crippen LogP contribution < -0.4 is 10.1 Å². The van der Waals surface area contributed by atoms with Crippen molar-refractivity contribution >= 4 is 11.6 Å². The van der Waals surface area contributed by atoms with Gasteiger partial charge < -0.3 is 14.5 Å². The van der Waals surface area contributed by atoms with Crippen molar-refractivity contribution in [2.24, 2.45) is 0 Å². The third kappa shape index (κ3) is 3.73. The van der Waals surface area contributed by atoms with Gasteiger partial charge in [-0.25, -0.2) is 0 Å². The minimum atomic E-state index is -0.520. The predicted octanol–water partition coefficient (Wildman–Crippen LogP) is 4.68. The minimum Gasteiger partial charge on any atom is -0.472 e. The molecule has 27 heavy (non-hydrogen) atoms. The Balaban J connectivity index is 1.42. The second-order valence-corrected chi connectivity index (χ2v) is 6.97. The van der Waals surface area contributed by atoms with Gasteiger partial charge in [-0.3, -0.25) is 9.69 Å². The van der Waals surface area contributed by atoms with E-state index in [-0.39, 0.29) is 5.91 Å². The van der Waals surface area contributed by atoms with E-state index in [2.05, 4.69) is 10.2 Å². The third-order valence-corrected chi connectivity index (χ3v) is 5.08. The van der Waals surface area contributed by atoms with Crippen molar-refractivity contribution in [2.75, 3.05) is 11.9 Å². The maximum atomic E-state index is 12.9. The lowest BCUT2D eigenvalue weighted by Gasteiger charge is -2.49. The molecule has 1 amide bonds. The van der Waals surface area contributed by atoms with Crippen LogP contribution in [0.5, 0.6) is 11.5 Å². The van der Waals surface area contributed by atoms with Gasteiger partial charge in [0.15, 0.2) is 0 Å². The fourth-order valence-corrected chi connectivity index (χ4v) is 3.25. The number of carbonyl (C=O) groups excluding carboxylic acids is 1. The molecule has 1 atom stereocenters. The normalized spacial score (nSPS) is 19.3. The predicted molar refractivity (Wildman–Crippen MR) is 104 cm³/mol. The maximum absolute atomic E-state index is 12.9. The highest BCUT2D eigenvalue weighted by Gasteiger charge is 2.46. The Morgan fingerprint density at radius 3 is 2.67 bits per heavy atom. The third-order valence-electron chi connectivity index (χ3n) is 5.08. The summed E-state index contributed by atoms with van der Waals surface area (Å²) in [7, 11) is 0. The number of hydrogen-bond donors (Lipinski definition) is 1. The van der Waals surface area contributed by atoms with Crippen LogP contribution in [0.2, 0.25) is 0 Å². The summed E-state index contributed by atoms with van der Waals surface area (Å²) in [4.78, 5) is 15.1. The fourth-order valence-electron chi connectivity index (χ4n) is 3.25. The van der Waals surface area contributed by atoms with Crippen molar-refractivity contribution in [3.63, 3.8) is 0 Å². The number of rotatable bonds is 6. The summed E-state index contributed by atoms with van der Waals surface area (Å²) in [5.74, 6) is 1.44. The van der Waals surface area contributed by atoms with Crippen LogP contribution in [0.1, 0.15) is 18.9 Å². The van der Waals surface area contributed by atoms with Crippen molar-refractivity contribution in [3.8, 4) is 11.5 Å². The summed E-state index contributed by atoms with van der Waals surface area (Å²) >= 11 is 0. The van der Waals surface area contributed by atoms with Crippen molar-refractivity contribution in [2.45, 2.75) is 25.4 Å². The first-order valence-corrected chi connectivity index (χ1v) is 9.04. The Bertz CT molecular complexity index is 908.